The van der Waals surface area contributed by atoms with Gasteiger partial charge in [0, 0.05) is 12.8 Å². The van der Waals surface area contributed by atoms with Gasteiger partial charge in [-0.25, -0.2) is 4.57 Å². The second-order valence-corrected chi connectivity index (χ2v) is 13.0. The molecule has 0 saturated heterocycles. The summed E-state index contributed by atoms with van der Waals surface area (Å²) < 4.78 is 26.2. The molecule has 0 heterocycles. The zero-order valence-electron chi connectivity index (χ0n) is 30.3. The predicted molar refractivity (Wildman–Crippen MR) is 202 cm³/mol. The van der Waals surface area contributed by atoms with Crippen LogP contribution in [0.15, 0.2) is 85.1 Å². The fourth-order valence-electron chi connectivity index (χ4n) is 4.45. The molecule has 0 amide bonds. The Bertz CT molecular complexity index is 1060. The summed E-state index contributed by atoms with van der Waals surface area (Å²) in [6.07, 6.45) is 46.0. The molecular formula is C40H65O8P. The normalized spacial score (nSPS) is 13.5. The molecule has 0 bridgehead atoms. The van der Waals surface area contributed by atoms with Crippen LogP contribution in [0.1, 0.15) is 136 Å². The molecule has 278 valence electrons. The number of rotatable bonds is 32. The molecule has 0 saturated carbocycles. The topological polar surface area (TPSA) is 119 Å². The summed E-state index contributed by atoms with van der Waals surface area (Å²) in [7, 11) is -4.77. The van der Waals surface area contributed by atoms with E-state index in [2.05, 4.69) is 91.3 Å². The van der Waals surface area contributed by atoms with Crippen LogP contribution < -0.4 is 0 Å². The van der Waals surface area contributed by atoms with Gasteiger partial charge in [0.1, 0.15) is 6.61 Å². The predicted octanol–water partition coefficient (Wildman–Crippen LogP) is 10.9. The molecule has 0 spiro atoms. The lowest BCUT2D eigenvalue weighted by molar-refractivity contribution is -0.161. The number of hydrogen-bond donors (Lipinski definition) is 2. The maximum Gasteiger partial charge on any atom is 0.469 e. The van der Waals surface area contributed by atoms with E-state index in [4.69, 9.17) is 19.3 Å². The van der Waals surface area contributed by atoms with E-state index in [1.807, 2.05) is 12.2 Å². The molecule has 8 nitrogen and oxygen atoms in total. The van der Waals surface area contributed by atoms with Gasteiger partial charge in [0.15, 0.2) is 6.10 Å². The van der Waals surface area contributed by atoms with Gasteiger partial charge in [-0.2, -0.15) is 0 Å². The maximum atomic E-state index is 12.3. The van der Waals surface area contributed by atoms with Crippen LogP contribution in [-0.4, -0.2) is 41.0 Å². The summed E-state index contributed by atoms with van der Waals surface area (Å²) in [5.41, 5.74) is 0. The van der Waals surface area contributed by atoms with Crippen LogP contribution in [0.5, 0.6) is 0 Å². The molecule has 0 unspecified atom stereocenters. The summed E-state index contributed by atoms with van der Waals surface area (Å²) in [4.78, 5) is 42.6. The number of phosphoric ester groups is 1. The fourth-order valence-corrected chi connectivity index (χ4v) is 4.81. The van der Waals surface area contributed by atoms with Gasteiger partial charge in [-0.15, -0.1) is 0 Å². The largest absolute Gasteiger partial charge is 0.469 e. The highest BCUT2D eigenvalue weighted by molar-refractivity contribution is 7.46. The third-order valence-electron chi connectivity index (χ3n) is 7.16. The second-order valence-electron chi connectivity index (χ2n) is 11.8. The van der Waals surface area contributed by atoms with Crippen molar-refractivity contribution < 1.29 is 37.9 Å². The minimum absolute atomic E-state index is 0.136. The number of phosphoric acid groups is 1. The monoisotopic (exact) mass is 704 g/mol. The summed E-state index contributed by atoms with van der Waals surface area (Å²) in [5, 5.41) is 0. The van der Waals surface area contributed by atoms with Gasteiger partial charge < -0.3 is 19.3 Å². The van der Waals surface area contributed by atoms with Crippen LogP contribution in [0.2, 0.25) is 0 Å². The molecule has 0 rings (SSSR count). The van der Waals surface area contributed by atoms with Crippen molar-refractivity contribution in [3.63, 3.8) is 0 Å². The van der Waals surface area contributed by atoms with Gasteiger partial charge in [0.2, 0.25) is 0 Å². The van der Waals surface area contributed by atoms with Crippen molar-refractivity contribution >= 4 is 19.8 Å². The average Bonchev–Trinajstić information content (AvgIpc) is 3.07. The van der Waals surface area contributed by atoms with Crippen molar-refractivity contribution in [2.24, 2.45) is 0 Å². The Morgan fingerprint density at radius 1 is 0.551 bits per heavy atom. The highest BCUT2D eigenvalue weighted by atomic mass is 31.2. The highest BCUT2D eigenvalue weighted by Gasteiger charge is 2.22. The SMILES string of the molecule is CC/C=C/C/C=C/C/C=C/C/C=C/C/C=C/C/C=C/CCC(=O)OC[C@H](COP(=O)(O)O)OC(=O)CCCCCCC/C=C/CCCCC. The Labute approximate surface area is 297 Å². The van der Waals surface area contributed by atoms with E-state index in [1.165, 1.54) is 19.3 Å². The molecular weight excluding hydrogens is 639 g/mol. The minimum Gasteiger partial charge on any atom is -0.462 e. The molecule has 0 aromatic rings. The van der Waals surface area contributed by atoms with Crippen molar-refractivity contribution in [3.05, 3.63) is 85.1 Å². The van der Waals surface area contributed by atoms with E-state index in [1.54, 1.807) is 0 Å². The lowest BCUT2D eigenvalue weighted by Crippen LogP contribution is -2.29. The Kier molecular flexibility index (Phi) is 33.1. The number of unbranched alkanes of at least 4 members (excludes halogenated alkanes) is 8. The van der Waals surface area contributed by atoms with E-state index < -0.39 is 32.5 Å². The van der Waals surface area contributed by atoms with Crippen molar-refractivity contribution in [3.8, 4) is 0 Å². The van der Waals surface area contributed by atoms with Crippen LogP contribution in [0, 0.1) is 0 Å². The number of allylic oxidation sites excluding steroid dienone is 14. The molecule has 0 aromatic heterocycles. The molecule has 0 aliphatic carbocycles. The lowest BCUT2D eigenvalue weighted by atomic mass is 10.1. The van der Waals surface area contributed by atoms with E-state index in [0.29, 0.717) is 12.8 Å². The smallest absolute Gasteiger partial charge is 0.462 e. The lowest BCUT2D eigenvalue weighted by Gasteiger charge is -2.18. The highest BCUT2D eigenvalue weighted by Crippen LogP contribution is 2.35. The van der Waals surface area contributed by atoms with Gasteiger partial charge >= 0.3 is 19.8 Å². The first-order chi connectivity index (χ1) is 23.8. The molecule has 2 N–H and O–H groups in total. The minimum atomic E-state index is -4.77. The Morgan fingerprint density at radius 2 is 1.02 bits per heavy atom. The number of ether oxygens (including phenoxy) is 2. The maximum absolute atomic E-state index is 12.3. The van der Waals surface area contributed by atoms with Crippen molar-refractivity contribution in [2.75, 3.05) is 13.2 Å². The van der Waals surface area contributed by atoms with Crippen molar-refractivity contribution in [1.29, 1.82) is 0 Å². The molecule has 0 aliphatic rings. The number of esters is 2. The van der Waals surface area contributed by atoms with Gasteiger partial charge in [0.25, 0.3) is 0 Å². The number of carbonyl (C=O) groups is 2. The average molecular weight is 705 g/mol. The molecule has 0 radical (unpaired) electrons. The summed E-state index contributed by atoms with van der Waals surface area (Å²) >= 11 is 0. The van der Waals surface area contributed by atoms with Crippen LogP contribution in [-0.2, 0) is 28.2 Å². The molecule has 49 heavy (non-hydrogen) atoms. The quantitative estimate of drug-likeness (QED) is 0.0307. The first kappa shape index (κ1) is 46.2. The van der Waals surface area contributed by atoms with Crippen LogP contribution in [0.25, 0.3) is 0 Å². The fraction of sp³-hybridized carbons (Fsp3) is 0.600. The van der Waals surface area contributed by atoms with E-state index in [0.717, 1.165) is 77.0 Å². The van der Waals surface area contributed by atoms with Crippen molar-refractivity contribution in [1.82, 2.24) is 0 Å². The molecule has 1 atom stereocenters. The third-order valence-corrected chi connectivity index (χ3v) is 7.65. The summed E-state index contributed by atoms with van der Waals surface area (Å²) in [5.74, 6) is -1.00. The first-order valence-electron chi connectivity index (χ1n) is 18.4. The van der Waals surface area contributed by atoms with Crippen LogP contribution >= 0.6 is 7.82 Å². The van der Waals surface area contributed by atoms with E-state index in [9.17, 15) is 14.2 Å². The first-order valence-corrected chi connectivity index (χ1v) is 19.9. The second kappa shape index (κ2) is 35.1. The Balaban J connectivity index is 4.14. The third kappa shape index (κ3) is 37.9. The zero-order valence-corrected chi connectivity index (χ0v) is 31.2. The standard InChI is InChI=1S/C40H65O8P/c1-3-5-7-9-11-13-15-17-18-19-20-21-22-23-25-26-28-30-32-34-39(41)46-36-38(37-47-49(43,44)45)48-40(42)35-33-31-29-27-24-16-14-12-10-8-6-4-2/h5,7,11-14,17-18,20-21,23,25,28,30,38H,3-4,6,8-10,15-16,19,22,24,26-27,29,31-37H2,1-2H3,(H2,43,44,45)/b7-5+,13-11+,14-12+,18-17+,21-20+,25-23+,30-28+/t38-/m1/s1. The van der Waals surface area contributed by atoms with Gasteiger partial charge in [0.05, 0.1) is 6.61 Å². The van der Waals surface area contributed by atoms with Gasteiger partial charge in [-0.1, -0.05) is 131 Å². The molecule has 0 fully saturated rings. The van der Waals surface area contributed by atoms with Crippen molar-refractivity contribution in [2.45, 2.75) is 142 Å². The Hall–Kier alpha value is -2.77. The molecule has 0 aromatic carbocycles. The Morgan fingerprint density at radius 3 is 1.55 bits per heavy atom. The number of carbonyl (C=O) groups excluding carboxylic acids is 2. The summed E-state index contributed by atoms with van der Waals surface area (Å²) in [6, 6.07) is 0. The van der Waals surface area contributed by atoms with Crippen LogP contribution in [0.3, 0.4) is 0 Å². The zero-order chi connectivity index (χ0) is 36.1. The van der Waals surface area contributed by atoms with Gasteiger partial charge in [-0.05, 0) is 77.0 Å². The number of hydrogen-bond acceptors (Lipinski definition) is 6. The van der Waals surface area contributed by atoms with Gasteiger partial charge in [-0.3, -0.25) is 14.1 Å². The molecule has 9 heteroatoms. The van der Waals surface area contributed by atoms with E-state index >= 15 is 0 Å². The van der Waals surface area contributed by atoms with E-state index in [-0.39, 0.29) is 19.4 Å². The summed E-state index contributed by atoms with van der Waals surface area (Å²) in [6.45, 7) is 3.44. The molecule has 0 aliphatic heterocycles. The van der Waals surface area contributed by atoms with Crippen LogP contribution in [0.4, 0.5) is 0 Å².